The summed E-state index contributed by atoms with van der Waals surface area (Å²) in [5.74, 6) is -1.26. The van der Waals surface area contributed by atoms with Crippen molar-refractivity contribution in [2.24, 2.45) is 0 Å². The van der Waals surface area contributed by atoms with E-state index >= 15 is 0 Å². The predicted octanol–water partition coefficient (Wildman–Crippen LogP) is 1.75. The second kappa shape index (κ2) is 6.11. The first-order chi connectivity index (χ1) is 12.0. The van der Waals surface area contributed by atoms with Crippen LogP contribution in [0.3, 0.4) is 0 Å². The number of hydrogen-bond acceptors (Lipinski definition) is 3. The maximum Gasteiger partial charge on any atom is 0.317 e. The van der Waals surface area contributed by atoms with Crippen LogP contribution in [0.15, 0.2) is 30.5 Å². The first-order valence-corrected chi connectivity index (χ1v) is 8.27. The summed E-state index contributed by atoms with van der Waals surface area (Å²) >= 11 is 0. The number of carbonyl (C=O) groups is 1. The Hall–Kier alpha value is -2.48. The zero-order valence-electron chi connectivity index (χ0n) is 13.8. The second-order valence-corrected chi connectivity index (χ2v) is 6.61. The molecule has 2 saturated heterocycles. The number of aromatic nitrogens is 2. The van der Waals surface area contributed by atoms with Gasteiger partial charge in [0.05, 0.1) is 17.8 Å². The van der Waals surface area contributed by atoms with Crippen molar-refractivity contribution in [3.05, 3.63) is 47.8 Å². The Balaban J connectivity index is 1.44. The van der Waals surface area contributed by atoms with Crippen molar-refractivity contribution in [1.82, 2.24) is 24.9 Å². The molecule has 2 amide bonds. The SMILES string of the molecule is CN1C(=O)N[C@@H]2CN(Cc3ccn(-c4ccc(F)cc4F)n3)CC[C@@H]21. The standard InChI is InChI=1S/C17H19F2N5O/c1-22-16-5-6-23(10-14(16)20-17(22)25)9-12-4-7-24(21-12)15-3-2-11(18)8-13(15)19/h2-4,7-8,14,16H,5-6,9-10H2,1H3,(H,20,25)/t14-,16+/m1/s1. The molecule has 2 aromatic rings. The Bertz CT molecular complexity index is 808. The zero-order valence-corrected chi connectivity index (χ0v) is 13.8. The van der Waals surface area contributed by atoms with E-state index in [-0.39, 0.29) is 23.8 Å². The highest BCUT2D eigenvalue weighted by atomic mass is 19.1. The lowest BCUT2D eigenvalue weighted by molar-refractivity contribution is 0.146. The minimum Gasteiger partial charge on any atom is -0.332 e. The summed E-state index contributed by atoms with van der Waals surface area (Å²) in [7, 11) is 1.83. The Morgan fingerprint density at radius 2 is 2.16 bits per heavy atom. The molecule has 6 nitrogen and oxygen atoms in total. The van der Waals surface area contributed by atoms with Crippen LogP contribution in [-0.4, -0.2) is 57.8 Å². The van der Waals surface area contributed by atoms with Crippen LogP contribution in [0.5, 0.6) is 0 Å². The van der Waals surface area contributed by atoms with Crippen LogP contribution < -0.4 is 5.32 Å². The van der Waals surface area contributed by atoms with Gasteiger partial charge in [-0.15, -0.1) is 0 Å². The van der Waals surface area contributed by atoms with Crippen LogP contribution in [-0.2, 0) is 6.54 Å². The summed E-state index contributed by atoms with van der Waals surface area (Å²) in [5, 5.41) is 7.40. The minimum absolute atomic E-state index is 0.0205. The molecule has 2 fully saturated rings. The first-order valence-electron chi connectivity index (χ1n) is 8.27. The lowest BCUT2D eigenvalue weighted by Gasteiger charge is -2.35. The van der Waals surface area contributed by atoms with Crippen molar-refractivity contribution in [2.45, 2.75) is 25.0 Å². The highest BCUT2D eigenvalue weighted by Gasteiger charge is 2.40. The number of urea groups is 1. The Morgan fingerprint density at radius 3 is 2.96 bits per heavy atom. The quantitative estimate of drug-likeness (QED) is 0.920. The van der Waals surface area contributed by atoms with Gasteiger partial charge in [-0.3, -0.25) is 4.90 Å². The van der Waals surface area contributed by atoms with Gasteiger partial charge < -0.3 is 10.2 Å². The smallest absolute Gasteiger partial charge is 0.317 e. The molecule has 0 saturated carbocycles. The number of rotatable bonds is 3. The number of nitrogens with zero attached hydrogens (tertiary/aromatic N) is 4. The lowest BCUT2D eigenvalue weighted by atomic mass is 10.0. The van der Waals surface area contributed by atoms with Crippen LogP contribution in [0.25, 0.3) is 5.69 Å². The van der Waals surface area contributed by atoms with Gasteiger partial charge in [-0.2, -0.15) is 5.10 Å². The number of hydrogen-bond donors (Lipinski definition) is 1. The molecule has 0 bridgehead atoms. The van der Waals surface area contributed by atoms with Gasteiger partial charge >= 0.3 is 6.03 Å². The molecule has 4 rings (SSSR count). The number of halogens is 2. The van der Waals surface area contributed by atoms with Gasteiger partial charge in [0, 0.05) is 38.9 Å². The lowest BCUT2D eigenvalue weighted by Crippen LogP contribution is -2.50. The average molecular weight is 347 g/mol. The van der Waals surface area contributed by atoms with Crippen molar-refractivity contribution in [2.75, 3.05) is 20.1 Å². The number of fused-ring (bicyclic) bond motifs is 1. The fourth-order valence-electron chi connectivity index (χ4n) is 3.64. The van der Waals surface area contributed by atoms with Gasteiger partial charge in [0.1, 0.15) is 11.5 Å². The van der Waals surface area contributed by atoms with Crippen LogP contribution in [0, 0.1) is 11.6 Å². The molecule has 3 heterocycles. The summed E-state index contributed by atoms with van der Waals surface area (Å²) in [4.78, 5) is 15.7. The van der Waals surface area contributed by atoms with Crippen LogP contribution in [0.2, 0.25) is 0 Å². The molecule has 2 aliphatic heterocycles. The summed E-state index contributed by atoms with van der Waals surface area (Å²) in [6, 6.07) is 5.61. The molecule has 1 aromatic carbocycles. The molecule has 1 N–H and O–H groups in total. The van der Waals surface area contributed by atoms with E-state index in [0.717, 1.165) is 31.3 Å². The molecule has 0 spiro atoms. The number of piperidine rings is 1. The number of nitrogens with one attached hydrogen (secondary N) is 1. The second-order valence-electron chi connectivity index (χ2n) is 6.61. The molecule has 0 radical (unpaired) electrons. The number of benzene rings is 1. The van der Waals surface area contributed by atoms with E-state index in [1.807, 2.05) is 13.1 Å². The van der Waals surface area contributed by atoms with E-state index < -0.39 is 11.6 Å². The van der Waals surface area contributed by atoms with Gasteiger partial charge in [0.15, 0.2) is 5.82 Å². The zero-order chi connectivity index (χ0) is 17.6. The Morgan fingerprint density at radius 1 is 1.32 bits per heavy atom. The number of amides is 2. The van der Waals surface area contributed by atoms with Crippen LogP contribution in [0.1, 0.15) is 12.1 Å². The van der Waals surface area contributed by atoms with E-state index in [4.69, 9.17) is 0 Å². The molecule has 25 heavy (non-hydrogen) atoms. The van der Waals surface area contributed by atoms with Gasteiger partial charge in [-0.1, -0.05) is 0 Å². The van der Waals surface area contributed by atoms with Crippen LogP contribution in [0.4, 0.5) is 13.6 Å². The van der Waals surface area contributed by atoms with Crippen LogP contribution >= 0.6 is 0 Å². The average Bonchev–Trinajstić information content (AvgIpc) is 3.13. The van der Waals surface area contributed by atoms with Crippen molar-refractivity contribution in [3.63, 3.8) is 0 Å². The van der Waals surface area contributed by atoms with E-state index in [9.17, 15) is 13.6 Å². The van der Waals surface area contributed by atoms with E-state index in [1.165, 1.54) is 16.8 Å². The molecule has 1 aromatic heterocycles. The van der Waals surface area contributed by atoms with E-state index in [2.05, 4.69) is 15.3 Å². The molecular weight excluding hydrogens is 328 g/mol. The van der Waals surface area contributed by atoms with Crippen molar-refractivity contribution in [3.8, 4) is 5.69 Å². The predicted molar refractivity (Wildman–Crippen MR) is 87.2 cm³/mol. The van der Waals surface area contributed by atoms with Crippen molar-refractivity contribution in [1.29, 1.82) is 0 Å². The monoisotopic (exact) mass is 347 g/mol. The third-order valence-corrected chi connectivity index (χ3v) is 4.97. The third-order valence-electron chi connectivity index (χ3n) is 4.97. The molecule has 132 valence electrons. The first kappa shape index (κ1) is 16.0. The maximum absolute atomic E-state index is 13.9. The van der Waals surface area contributed by atoms with E-state index in [0.29, 0.717) is 6.54 Å². The van der Waals surface area contributed by atoms with Gasteiger partial charge in [0.25, 0.3) is 0 Å². The minimum atomic E-state index is -0.646. The van der Waals surface area contributed by atoms with Gasteiger partial charge in [-0.05, 0) is 24.6 Å². The topological polar surface area (TPSA) is 53.4 Å². The van der Waals surface area contributed by atoms with Crippen molar-refractivity contribution < 1.29 is 13.6 Å². The fraction of sp³-hybridized carbons (Fsp3) is 0.412. The summed E-state index contributed by atoms with van der Waals surface area (Å²) in [5.41, 5.74) is 1.02. The maximum atomic E-state index is 13.9. The van der Waals surface area contributed by atoms with Crippen molar-refractivity contribution >= 4 is 6.03 Å². The normalized spacial score (nSPS) is 23.6. The fourth-order valence-corrected chi connectivity index (χ4v) is 3.64. The Kier molecular flexibility index (Phi) is 3.91. The van der Waals surface area contributed by atoms with Gasteiger partial charge in [0.2, 0.25) is 0 Å². The molecule has 2 aliphatic rings. The van der Waals surface area contributed by atoms with Gasteiger partial charge in [-0.25, -0.2) is 18.3 Å². The Labute approximate surface area is 144 Å². The third kappa shape index (κ3) is 2.97. The largest absolute Gasteiger partial charge is 0.332 e. The number of likely N-dealkylation sites (N-methyl/N-ethyl adjacent to an activating group) is 1. The summed E-state index contributed by atoms with van der Waals surface area (Å²) in [6.45, 7) is 2.26. The molecule has 2 atom stereocenters. The molecular formula is C17H19F2N5O. The molecule has 0 unspecified atom stereocenters. The summed E-state index contributed by atoms with van der Waals surface area (Å²) in [6.07, 6.45) is 2.58. The molecule has 8 heteroatoms. The van der Waals surface area contributed by atoms with E-state index in [1.54, 1.807) is 11.1 Å². The highest BCUT2D eigenvalue weighted by Crippen LogP contribution is 2.22. The highest BCUT2D eigenvalue weighted by molar-refractivity contribution is 5.77. The molecule has 0 aliphatic carbocycles. The number of likely N-dealkylation sites (tertiary alicyclic amines) is 1. The summed E-state index contributed by atoms with van der Waals surface area (Å²) < 4.78 is 28.3. The number of carbonyl (C=O) groups excluding carboxylic acids is 1.